The van der Waals surface area contributed by atoms with Crippen LogP contribution in [-0.2, 0) is 27.2 Å². The van der Waals surface area contributed by atoms with Crippen molar-refractivity contribution in [1.29, 1.82) is 0 Å². The number of hydrogen-bond donors (Lipinski definition) is 4. The zero-order valence-electron chi connectivity index (χ0n) is 23.9. The maximum atomic E-state index is 11.6. The Morgan fingerprint density at radius 1 is 0.744 bits per heavy atom. The van der Waals surface area contributed by atoms with Crippen molar-refractivity contribution in [2.24, 2.45) is 0 Å². The van der Waals surface area contributed by atoms with Gasteiger partial charge in [-0.1, -0.05) is 33.6 Å². The number of phenolic OH excluding ortho intramolecular Hbond substituents is 1. The van der Waals surface area contributed by atoms with Crippen LogP contribution in [0.1, 0.15) is 91.1 Å². The molecule has 0 aromatic heterocycles. The van der Waals surface area contributed by atoms with Crippen molar-refractivity contribution >= 4 is 47.1 Å². The maximum Gasteiger partial charge on any atom is 0.338 e. The van der Waals surface area contributed by atoms with Crippen LogP contribution in [-0.4, -0.2) is 69.8 Å². The fourth-order valence-corrected chi connectivity index (χ4v) is 3.84. The lowest BCUT2D eigenvalue weighted by Crippen LogP contribution is -2.10. The number of carbonyl (C=O) groups excluding carboxylic acids is 1. The van der Waals surface area contributed by atoms with Gasteiger partial charge in [0.15, 0.2) is 0 Å². The number of esters is 1. The van der Waals surface area contributed by atoms with Crippen molar-refractivity contribution in [3.05, 3.63) is 58.7 Å². The van der Waals surface area contributed by atoms with Gasteiger partial charge in [-0.05, 0) is 73.2 Å². The molecule has 2 aromatic rings. The maximum absolute atomic E-state index is 11.6. The number of unbranched alkanes of at least 4 members (excludes halogenated alkanes) is 5. The summed E-state index contributed by atoms with van der Waals surface area (Å²) in [6.07, 6.45) is 7.25. The standard InChI is InChI=1S/C15H19ClO5.C9H8O5.C6H13Cl.CH4/c1-20-15(19)13-6-5-12(9-11(13)10-14(17)18)21-8-4-2-3-7-16;10-6-1-2-7(9(13)14)5(3-6)4-8(11)12;1-2-3-4-5-6-7;/h5-6,9H,2-4,7-8,10H2,1H3,(H,17,18);1-3,10H,4H2,(H,11,12)(H,13,14);2-6H2,1H3;1H4. The predicted octanol–water partition coefficient (Wildman–Crippen LogP) is 7.05. The zero-order valence-corrected chi connectivity index (χ0v) is 25.5. The first-order valence-corrected chi connectivity index (χ1v) is 14.5. The Labute approximate surface area is 263 Å². The summed E-state index contributed by atoms with van der Waals surface area (Å²) < 4.78 is 10.2. The largest absolute Gasteiger partial charge is 0.508 e. The van der Waals surface area contributed by atoms with Gasteiger partial charge in [0.25, 0.3) is 0 Å². The second-order valence-electron chi connectivity index (χ2n) is 8.95. The molecule has 242 valence electrons. The molecule has 4 N–H and O–H groups in total. The number of carboxylic acid groups (broad SMARTS) is 3. The first-order chi connectivity index (χ1) is 20.0. The topological polar surface area (TPSA) is 168 Å². The number of aliphatic carboxylic acids is 2. The average molecular weight is 648 g/mol. The van der Waals surface area contributed by atoms with Crippen molar-refractivity contribution in [3.8, 4) is 11.5 Å². The van der Waals surface area contributed by atoms with Crippen LogP contribution in [0, 0.1) is 0 Å². The van der Waals surface area contributed by atoms with Crippen LogP contribution in [0.4, 0.5) is 0 Å². The summed E-state index contributed by atoms with van der Waals surface area (Å²) in [6.45, 7) is 2.73. The number of ether oxygens (including phenoxy) is 2. The molecule has 0 radical (unpaired) electrons. The molecule has 10 nitrogen and oxygen atoms in total. The quantitative estimate of drug-likeness (QED) is 0.0842. The van der Waals surface area contributed by atoms with E-state index in [1.165, 1.54) is 51.0 Å². The highest BCUT2D eigenvalue weighted by Crippen LogP contribution is 2.20. The lowest BCUT2D eigenvalue weighted by molar-refractivity contribution is -0.137. The molecule has 0 heterocycles. The highest BCUT2D eigenvalue weighted by atomic mass is 35.5. The molecular weight excluding hydrogens is 603 g/mol. The third-order valence-corrected chi connectivity index (χ3v) is 6.05. The monoisotopic (exact) mass is 646 g/mol. The van der Waals surface area contributed by atoms with E-state index in [2.05, 4.69) is 11.7 Å². The SMILES string of the molecule is C.CCCCCCCl.COC(=O)c1ccc(OCCCCCCl)cc1CC(=O)O.O=C(O)Cc1cc(O)ccc1C(=O)O. The highest BCUT2D eigenvalue weighted by Gasteiger charge is 2.15. The summed E-state index contributed by atoms with van der Waals surface area (Å²) in [7, 11) is 1.26. The number of carboxylic acids is 3. The van der Waals surface area contributed by atoms with Crippen molar-refractivity contribution in [2.75, 3.05) is 25.5 Å². The molecule has 0 aliphatic rings. The third kappa shape index (κ3) is 19.3. The summed E-state index contributed by atoms with van der Waals surface area (Å²) in [6, 6.07) is 8.25. The van der Waals surface area contributed by atoms with Crippen molar-refractivity contribution in [1.82, 2.24) is 0 Å². The molecule has 2 rings (SSSR count). The molecule has 0 unspecified atom stereocenters. The van der Waals surface area contributed by atoms with E-state index in [-0.39, 0.29) is 36.3 Å². The van der Waals surface area contributed by atoms with Crippen molar-refractivity contribution < 1.29 is 49.1 Å². The summed E-state index contributed by atoms with van der Waals surface area (Å²) in [5.74, 6) is -2.05. The molecule has 0 saturated heterocycles. The number of phenols is 1. The summed E-state index contributed by atoms with van der Waals surface area (Å²) in [4.78, 5) is 43.5. The molecule has 0 saturated carbocycles. The van der Waals surface area contributed by atoms with Gasteiger partial charge in [-0.15, -0.1) is 23.2 Å². The van der Waals surface area contributed by atoms with E-state index in [0.29, 0.717) is 23.8 Å². The van der Waals surface area contributed by atoms with Crippen LogP contribution >= 0.6 is 23.2 Å². The van der Waals surface area contributed by atoms with E-state index in [1.807, 2.05) is 0 Å². The second kappa shape index (κ2) is 25.0. The number of aromatic carboxylic acids is 1. The molecule has 0 spiro atoms. The van der Waals surface area contributed by atoms with Crippen molar-refractivity contribution in [3.63, 3.8) is 0 Å². The molecule has 12 heteroatoms. The van der Waals surface area contributed by atoms with Gasteiger partial charge in [-0.3, -0.25) is 9.59 Å². The molecule has 0 aliphatic heterocycles. The van der Waals surface area contributed by atoms with Crippen LogP contribution in [0.15, 0.2) is 36.4 Å². The lowest BCUT2D eigenvalue weighted by atomic mass is 10.0. The Kier molecular flexibility index (Phi) is 24.2. The Bertz CT molecular complexity index is 1120. The Balaban J connectivity index is 0. The number of methoxy groups -OCH3 is 1. The number of rotatable bonds is 16. The van der Waals surface area contributed by atoms with E-state index in [0.717, 1.165) is 31.2 Å². The fourth-order valence-electron chi connectivity index (χ4n) is 3.46. The van der Waals surface area contributed by atoms with Gasteiger partial charge in [-0.25, -0.2) is 9.59 Å². The van der Waals surface area contributed by atoms with E-state index in [9.17, 15) is 19.2 Å². The number of halogens is 2. The van der Waals surface area contributed by atoms with Gasteiger partial charge < -0.3 is 29.9 Å². The number of carbonyl (C=O) groups is 4. The predicted molar refractivity (Wildman–Crippen MR) is 167 cm³/mol. The molecular formula is C31H44Cl2O10. The molecule has 0 aliphatic carbocycles. The normalized spacial score (nSPS) is 9.67. The fraction of sp³-hybridized carbons (Fsp3) is 0.484. The van der Waals surface area contributed by atoms with E-state index in [1.54, 1.807) is 12.1 Å². The first kappa shape index (κ1) is 41.6. The average Bonchev–Trinajstić information content (AvgIpc) is 2.93. The van der Waals surface area contributed by atoms with Crippen LogP contribution < -0.4 is 4.74 Å². The van der Waals surface area contributed by atoms with Gasteiger partial charge in [0, 0.05) is 11.8 Å². The molecule has 0 atom stereocenters. The summed E-state index contributed by atoms with van der Waals surface area (Å²) >= 11 is 11.0. The minimum atomic E-state index is -1.21. The molecule has 43 heavy (non-hydrogen) atoms. The van der Waals surface area contributed by atoms with Crippen LogP contribution in [0.2, 0.25) is 0 Å². The zero-order chi connectivity index (χ0) is 31.9. The van der Waals surface area contributed by atoms with Gasteiger partial charge >= 0.3 is 23.9 Å². The smallest absolute Gasteiger partial charge is 0.338 e. The van der Waals surface area contributed by atoms with Gasteiger partial charge in [0.2, 0.25) is 0 Å². The molecule has 0 amide bonds. The summed E-state index contributed by atoms with van der Waals surface area (Å²) in [5.41, 5.74) is 0.609. The minimum Gasteiger partial charge on any atom is -0.508 e. The Hall–Kier alpha value is -3.50. The first-order valence-electron chi connectivity index (χ1n) is 13.4. The van der Waals surface area contributed by atoms with Crippen LogP contribution in [0.25, 0.3) is 0 Å². The number of aromatic hydroxyl groups is 1. The minimum absolute atomic E-state index is 0. The van der Waals surface area contributed by atoms with Gasteiger partial charge in [-0.2, -0.15) is 0 Å². The van der Waals surface area contributed by atoms with Crippen molar-refractivity contribution in [2.45, 2.75) is 72.1 Å². The van der Waals surface area contributed by atoms with Gasteiger partial charge in [0.1, 0.15) is 11.5 Å². The lowest BCUT2D eigenvalue weighted by Gasteiger charge is -2.10. The van der Waals surface area contributed by atoms with E-state index >= 15 is 0 Å². The molecule has 0 bridgehead atoms. The van der Waals surface area contributed by atoms with E-state index in [4.69, 9.17) is 48.4 Å². The van der Waals surface area contributed by atoms with Crippen LogP contribution in [0.3, 0.4) is 0 Å². The van der Waals surface area contributed by atoms with E-state index < -0.39 is 30.3 Å². The molecule has 2 aromatic carbocycles. The highest BCUT2D eigenvalue weighted by molar-refractivity contribution is 6.18. The Morgan fingerprint density at radius 3 is 1.77 bits per heavy atom. The Morgan fingerprint density at radius 2 is 1.28 bits per heavy atom. The van der Waals surface area contributed by atoms with Gasteiger partial charge in [0.05, 0.1) is 37.7 Å². The number of benzene rings is 2. The van der Waals surface area contributed by atoms with Crippen LogP contribution in [0.5, 0.6) is 11.5 Å². The third-order valence-electron chi connectivity index (χ3n) is 5.52. The second-order valence-corrected chi connectivity index (χ2v) is 9.70. The number of hydrogen-bond acceptors (Lipinski definition) is 7. The number of alkyl halides is 2. The summed E-state index contributed by atoms with van der Waals surface area (Å²) in [5, 5.41) is 35.1. The molecule has 0 fully saturated rings.